The molecule has 0 spiro atoms. The van der Waals surface area contributed by atoms with Crippen LogP contribution in [0.5, 0.6) is 0 Å². The number of hydrogen-bond acceptors (Lipinski definition) is 4. The molecular weight excluding hydrogens is 522 g/mol. The van der Waals surface area contributed by atoms with Crippen molar-refractivity contribution in [3.05, 3.63) is 101 Å². The molecule has 3 aromatic carbocycles. The third-order valence-electron chi connectivity index (χ3n) is 5.94. The summed E-state index contributed by atoms with van der Waals surface area (Å²) < 4.78 is 26.7. The van der Waals surface area contributed by atoms with E-state index < -0.39 is 28.5 Å². The van der Waals surface area contributed by atoms with Gasteiger partial charge >= 0.3 is 0 Å². The molecule has 1 atom stereocenters. The Bertz CT molecular complexity index is 1350. The Kier molecular flexibility index (Phi) is 9.94. The molecule has 0 saturated heterocycles. The maximum Gasteiger partial charge on any atom is 0.244 e. The minimum Gasteiger partial charge on any atom is -0.352 e. The van der Waals surface area contributed by atoms with Gasteiger partial charge in [0.25, 0.3) is 0 Å². The quantitative estimate of drug-likeness (QED) is 0.375. The summed E-state index contributed by atoms with van der Waals surface area (Å²) in [6.07, 6.45) is 1.33. The Balaban J connectivity index is 2.05. The van der Waals surface area contributed by atoms with Crippen LogP contribution < -0.4 is 9.62 Å². The van der Waals surface area contributed by atoms with Gasteiger partial charge in [-0.05, 0) is 61.7 Å². The van der Waals surface area contributed by atoms with E-state index in [0.717, 1.165) is 27.3 Å². The number of benzene rings is 3. The van der Waals surface area contributed by atoms with Crippen LogP contribution in [0.1, 0.15) is 30.5 Å². The predicted octanol–water partition coefficient (Wildman–Crippen LogP) is 4.58. The molecule has 0 aliphatic heterocycles. The third-order valence-corrected chi connectivity index (χ3v) is 7.33. The second-order valence-electron chi connectivity index (χ2n) is 9.63. The van der Waals surface area contributed by atoms with Crippen LogP contribution in [0.15, 0.2) is 78.9 Å². The molecule has 9 heteroatoms. The summed E-state index contributed by atoms with van der Waals surface area (Å²) in [6.45, 7) is 5.21. The van der Waals surface area contributed by atoms with Crippen LogP contribution in [0.25, 0.3) is 0 Å². The fourth-order valence-corrected chi connectivity index (χ4v) is 5.09. The Morgan fingerprint density at radius 3 is 2.16 bits per heavy atom. The van der Waals surface area contributed by atoms with Crippen LogP contribution >= 0.6 is 11.6 Å². The third kappa shape index (κ3) is 8.33. The number of hydrogen-bond donors (Lipinski definition) is 1. The number of aryl methyl sites for hydroxylation is 1. The molecule has 3 rings (SSSR count). The highest BCUT2D eigenvalue weighted by molar-refractivity contribution is 7.92. The number of rotatable bonds is 11. The summed E-state index contributed by atoms with van der Waals surface area (Å²) in [7, 11) is -3.80. The molecule has 0 fully saturated rings. The van der Waals surface area contributed by atoms with Crippen LogP contribution in [0.4, 0.5) is 5.69 Å². The van der Waals surface area contributed by atoms with E-state index >= 15 is 0 Å². The first-order valence-corrected chi connectivity index (χ1v) is 14.6. The topological polar surface area (TPSA) is 86.8 Å². The van der Waals surface area contributed by atoms with Crippen LogP contribution in [-0.2, 0) is 32.6 Å². The van der Waals surface area contributed by atoms with Crippen molar-refractivity contribution in [2.45, 2.75) is 45.8 Å². The Labute approximate surface area is 230 Å². The number of sulfonamides is 1. The summed E-state index contributed by atoms with van der Waals surface area (Å²) in [4.78, 5) is 28.9. The van der Waals surface area contributed by atoms with Gasteiger partial charge in [0.15, 0.2) is 0 Å². The van der Waals surface area contributed by atoms with E-state index in [4.69, 9.17) is 11.6 Å². The number of nitrogens with one attached hydrogen (secondary N) is 1. The molecular formula is C29H34ClN3O4S. The van der Waals surface area contributed by atoms with Crippen molar-refractivity contribution in [1.82, 2.24) is 10.2 Å². The van der Waals surface area contributed by atoms with Gasteiger partial charge in [-0.3, -0.25) is 13.9 Å². The molecule has 1 N–H and O–H groups in total. The lowest BCUT2D eigenvalue weighted by Crippen LogP contribution is -2.54. The van der Waals surface area contributed by atoms with Gasteiger partial charge in [-0.2, -0.15) is 0 Å². The Morgan fingerprint density at radius 2 is 1.58 bits per heavy atom. The lowest BCUT2D eigenvalue weighted by atomic mass is 10.0. The van der Waals surface area contributed by atoms with E-state index in [1.165, 1.54) is 4.90 Å². The number of carbonyl (C=O) groups is 2. The fourth-order valence-electron chi connectivity index (χ4n) is 4.12. The van der Waals surface area contributed by atoms with Crippen molar-refractivity contribution in [1.29, 1.82) is 0 Å². The van der Waals surface area contributed by atoms with E-state index in [9.17, 15) is 18.0 Å². The van der Waals surface area contributed by atoms with E-state index in [2.05, 4.69) is 5.32 Å². The van der Waals surface area contributed by atoms with Gasteiger partial charge in [-0.1, -0.05) is 66.2 Å². The van der Waals surface area contributed by atoms with Crippen LogP contribution in [-0.4, -0.2) is 50.0 Å². The predicted molar refractivity (Wildman–Crippen MR) is 153 cm³/mol. The summed E-state index contributed by atoms with van der Waals surface area (Å²) in [6, 6.07) is 22.4. The minimum absolute atomic E-state index is 0.102. The maximum atomic E-state index is 14.0. The van der Waals surface area contributed by atoms with Gasteiger partial charge < -0.3 is 10.2 Å². The highest BCUT2D eigenvalue weighted by Gasteiger charge is 2.33. The molecule has 7 nitrogen and oxygen atoms in total. The average Bonchev–Trinajstić information content (AvgIpc) is 2.85. The molecule has 202 valence electrons. The number of anilines is 1. The highest BCUT2D eigenvalue weighted by atomic mass is 35.5. The number of halogens is 1. The van der Waals surface area contributed by atoms with Crippen LogP contribution in [0.2, 0.25) is 5.02 Å². The first-order valence-electron chi connectivity index (χ1n) is 12.4. The molecule has 0 unspecified atom stereocenters. The van der Waals surface area contributed by atoms with Gasteiger partial charge in [0, 0.05) is 24.0 Å². The first kappa shape index (κ1) is 29.2. The van der Waals surface area contributed by atoms with Crippen molar-refractivity contribution in [2.24, 2.45) is 0 Å². The van der Waals surface area contributed by atoms with Gasteiger partial charge in [0.2, 0.25) is 21.8 Å². The van der Waals surface area contributed by atoms with Crippen molar-refractivity contribution >= 4 is 39.1 Å². The number of nitrogens with zero attached hydrogens (tertiary/aromatic N) is 2. The van der Waals surface area contributed by atoms with Crippen molar-refractivity contribution in [3.63, 3.8) is 0 Å². The molecule has 0 aromatic heterocycles. The zero-order valence-corrected chi connectivity index (χ0v) is 23.7. The molecule has 0 radical (unpaired) electrons. The average molecular weight is 556 g/mol. The van der Waals surface area contributed by atoms with Crippen LogP contribution in [0.3, 0.4) is 0 Å². The molecule has 0 aliphatic rings. The number of amides is 2. The maximum absolute atomic E-state index is 14.0. The second-order valence-corrected chi connectivity index (χ2v) is 12.0. The summed E-state index contributed by atoms with van der Waals surface area (Å²) in [5.41, 5.74) is 2.89. The summed E-state index contributed by atoms with van der Waals surface area (Å²) in [5.74, 6) is -0.806. The smallest absolute Gasteiger partial charge is 0.244 e. The molecule has 2 amide bonds. The zero-order chi connectivity index (χ0) is 27.9. The van der Waals surface area contributed by atoms with Crippen molar-refractivity contribution in [3.8, 4) is 0 Å². The van der Waals surface area contributed by atoms with Crippen LogP contribution in [0, 0.1) is 6.92 Å². The minimum atomic E-state index is -3.80. The van der Waals surface area contributed by atoms with Gasteiger partial charge in [-0.25, -0.2) is 8.42 Å². The standard InChI is InChI=1S/C29H34ClN3O4S/c1-21(2)31-29(35)27(18-23-10-6-5-7-11-23)32(19-24-13-15-25(30)16-14-24)28(34)20-33(38(4,36)37)26-12-8-9-22(3)17-26/h5-17,21,27H,18-20H2,1-4H3,(H,31,35)/t27-/m1/s1. The van der Waals surface area contributed by atoms with Gasteiger partial charge in [0.05, 0.1) is 11.9 Å². The first-order chi connectivity index (χ1) is 17.9. The molecule has 0 aliphatic carbocycles. The zero-order valence-electron chi connectivity index (χ0n) is 22.1. The van der Waals surface area contributed by atoms with E-state index in [-0.39, 0.29) is 24.9 Å². The molecule has 38 heavy (non-hydrogen) atoms. The molecule has 0 heterocycles. The normalized spacial score (nSPS) is 12.2. The monoisotopic (exact) mass is 555 g/mol. The highest BCUT2D eigenvalue weighted by Crippen LogP contribution is 2.22. The van der Waals surface area contributed by atoms with E-state index in [1.54, 1.807) is 42.5 Å². The Hall–Kier alpha value is -3.36. The van der Waals surface area contributed by atoms with Crippen molar-refractivity contribution < 1.29 is 18.0 Å². The number of carbonyl (C=O) groups excluding carboxylic acids is 2. The second kappa shape index (κ2) is 12.9. The summed E-state index contributed by atoms with van der Waals surface area (Å²) in [5, 5.41) is 3.48. The Morgan fingerprint density at radius 1 is 0.921 bits per heavy atom. The van der Waals surface area contributed by atoms with Gasteiger partial charge in [-0.15, -0.1) is 0 Å². The lowest BCUT2D eigenvalue weighted by Gasteiger charge is -2.34. The van der Waals surface area contributed by atoms with E-state index in [1.807, 2.05) is 57.2 Å². The van der Waals surface area contributed by atoms with E-state index in [0.29, 0.717) is 10.7 Å². The molecule has 0 saturated carbocycles. The fraction of sp³-hybridized carbons (Fsp3) is 0.310. The largest absolute Gasteiger partial charge is 0.352 e. The van der Waals surface area contributed by atoms with Crippen molar-refractivity contribution in [2.75, 3.05) is 17.1 Å². The van der Waals surface area contributed by atoms with Gasteiger partial charge in [0.1, 0.15) is 12.6 Å². The lowest BCUT2D eigenvalue weighted by molar-refractivity contribution is -0.140. The molecule has 3 aromatic rings. The molecule has 0 bridgehead atoms. The SMILES string of the molecule is Cc1cccc(N(CC(=O)N(Cc2ccc(Cl)cc2)[C@H](Cc2ccccc2)C(=O)NC(C)C)S(C)(=O)=O)c1. The summed E-state index contributed by atoms with van der Waals surface area (Å²) >= 11 is 6.07.